The predicted octanol–water partition coefficient (Wildman–Crippen LogP) is 8.69. The molecular formula is C27H36BrN3S. The van der Waals surface area contributed by atoms with Gasteiger partial charge in [-0.15, -0.1) is 5.10 Å². The molecule has 3 nitrogen and oxygen atoms in total. The van der Waals surface area contributed by atoms with Gasteiger partial charge in [-0.25, -0.2) is 4.68 Å². The summed E-state index contributed by atoms with van der Waals surface area (Å²) in [6, 6.07) is 21.2. The highest BCUT2D eigenvalue weighted by Crippen LogP contribution is 2.31. The highest BCUT2D eigenvalue weighted by atomic mass is 79.9. The second-order valence-corrected chi connectivity index (χ2v) is 10.1. The molecule has 0 amide bonds. The number of hydrogen-bond donors (Lipinski definition) is 0. The fourth-order valence-corrected chi connectivity index (χ4v) is 5.47. The third-order valence-corrected chi connectivity index (χ3v) is 7.14. The summed E-state index contributed by atoms with van der Waals surface area (Å²) < 4.78 is 2.73. The normalized spacial score (nSPS) is 11.3. The van der Waals surface area contributed by atoms with Gasteiger partial charge in [-0.05, 0) is 33.5 Å². The highest BCUT2D eigenvalue weighted by Gasteiger charge is 2.22. The van der Waals surface area contributed by atoms with E-state index < -0.39 is 0 Å². The first-order valence-electron chi connectivity index (χ1n) is 12.1. The zero-order chi connectivity index (χ0) is 22.4. The molecule has 1 aromatic heterocycles. The molecule has 0 unspecified atom stereocenters. The van der Waals surface area contributed by atoms with E-state index in [0.29, 0.717) is 4.73 Å². The Morgan fingerprint density at radius 2 is 1.25 bits per heavy atom. The Morgan fingerprint density at radius 1 is 0.750 bits per heavy atom. The minimum absolute atomic E-state index is 0.0198. The third kappa shape index (κ3) is 8.08. The van der Waals surface area contributed by atoms with Crippen LogP contribution in [-0.4, -0.2) is 20.5 Å². The van der Waals surface area contributed by atoms with Crippen molar-refractivity contribution < 1.29 is 0 Å². The molecule has 0 fully saturated rings. The molecule has 3 aromatic rings. The molecule has 2 aromatic carbocycles. The van der Waals surface area contributed by atoms with Gasteiger partial charge in [0.25, 0.3) is 0 Å². The fourth-order valence-electron chi connectivity index (χ4n) is 4.05. The summed E-state index contributed by atoms with van der Waals surface area (Å²) in [4.78, 5) is 4.70. The van der Waals surface area contributed by atoms with Crippen molar-refractivity contribution >= 4 is 27.7 Å². The number of hydrogen-bond acceptors (Lipinski definition) is 3. The first kappa shape index (κ1) is 25.0. The summed E-state index contributed by atoms with van der Waals surface area (Å²) in [5.74, 6) is 1.08. The molecule has 32 heavy (non-hydrogen) atoms. The molecule has 0 aliphatic rings. The number of unbranched alkanes of at least 4 members (excludes halogenated alkanes) is 9. The summed E-state index contributed by atoms with van der Waals surface area (Å²) in [6.45, 7) is 2.28. The lowest BCUT2D eigenvalue weighted by Gasteiger charge is -2.20. The second-order valence-electron chi connectivity index (χ2n) is 8.36. The van der Waals surface area contributed by atoms with E-state index in [1.54, 1.807) is 0 Å². The maximum Gasteiger partial charge on any atom is 0.218 e. The van der Waals surface area contributed by atoms with Gasteiger partial charge in [-0.3, -0.25) is 0 Å². The summed E-state index contributed by atoms with van der Waals surface area (Å²) in [6.07, 6.45) is 13.6. The molecule has 3 rings (SSSR count). The summed E-state index contributed by atoms with van der Waals surface area (Å²) in [5.41, 5.74) is 2.44. The molecule has 0 saturated carbocycles. The van der Waals surface area contributed by atoms with Gasteiger partial charge in [-0.2, -0.15) is 4.98 Å². The van der Waals surface area contributed by atoms with Crippen molar-refractivity contribution in [3.8, 4) is 0 Å². The van der Waals surface area contributed by atoms with Crippen LogP contribution in [0.3, 0.4) is 0 Å². The van der Waals surface area contributed by atoms with Gasteiger partial charge in [0, 0.05) is 5.75 Å². The van der Waals surface area contributed by atoms with Crippen molar-refractivity contribution in [3.05, 3.63) is 76.5 Å². The van der Waals surface area contributed by atoms with Crippen LogP contribution < -0.4 is 0 Å². The zero-order valence-electron chi connectivity index (χ0n) is 19.3. The van der Waals surface area contributed by atoms with Crippen LogP contribution in [0.4, 0.5) is 0 Å². The first-order chi connectivity index (χ1) is 15.8. The minimum atomic E-state index is 0.0198. The summed E-state index contributed by atoms with van der Waals surface area (Å²) in [7, 11) is 0. The maximum absolute atomic E-state index is 4.74. The van der Waals surface area contributed by atoms with Gasteiger partial charge >= 0.3 is 0 Å². The minimum Gasteiger partial charge on any atom is -0.227 e. The fraction of sp³-hybridized carbons (Fsp3) is 0.481. The number of benzene rings is 2. The lowest BCUT2D eigenvalue weighted by atomic mass is 9.99. The summed E-state index contributed by atoms with van der Waals surface area (Å²) in [5, 5.41) is 5.71. The van der Waals surface area contributed by atoms with Crippen molar-refractivity contribution in [3.63, 3.8) is 0 Å². The molecule has 0 radical (unpaired) electrons. The third-order valence-electron chi connectivity index (χ3n) is 5.78. The molecule has 172 valence electrons. The van der Waals surface area contributed by atoms with E-state index in [2.05, 4.69) is 88.2 Å². The van der Waals surface area contributed by atoms with Crippen LogP contribution in [0.25, 0.3) is 0 Å². The van der Waals surface area contributed by atoms with Crippen LogP contribution in [0.2, 0.25) is 0 Å². The van der Waals surface area contributed by atoms with E-state index in [-0.39, 0.29) is 6.04 Å². The maximum atomic E-state index is 4.74. The highest BCUT2D eigenvalue weighted by molar-refractivity contribution is 9.10. The summed E-state index contributed by atoms with van der Waals surface area (Å²) >= 11 is 5.34. The number of thioether (sulfide) groups is 1. The standard InChI is InChI=1S/C27H36BrN3S/c1-2-3-4-5-6-7-8-9-10-17-22-32-27-29-26(28)30-31(27)25(23-18-13-11-14-19-23)24-20-15-12-16-21-24/h11-16,18-21,25H,2-10,17,22H2,1H3. The number of nitrogens with zero attached hydrogens (tertiary/aromatic N) is 3. The Kier molecular flexibility index (Phi) is 11.4. The van der Waals surface area contributed by atoms with Crippen molar-refractivity contribution in [2.75, 3.05) is 5.75 Å². The second kappa shape index (κ2) is 14.5. The zero-order valence-corrected chi connectivity index (χ0v) is 21.7. The topological polar surface area (TPSA) is 30.7 Å². The van der Waals surface area contributed by atoms with Gasteiger partial charge in [0.05, 0.1) is 0 Å². The Labute approximate surface area is 206 Å². The average Bonchev–Trinajstić information content (AvgIpc) is 3.19. The monoisotopic (exact) mass is 513 g/mol. The van der Waals surface area contributed by atoms with E-state index in [0.717, 1.165) is 10.9 Å². The van der Waals surface area contributed by atoms with Gasteiger partial charge in [0.15, 0.2) is 5.16 Å². The van der Waals surface area contributed by atoms with Crippen LogP contribution >= 0.6 is 27.7 Å². The van der Waals surface area contributed by atoms with Crippen molar-refractivity contribution in [1.29, 1.82) is 0 Å². The van der Waals surface area contributed by atoms with Crippen molar-refractivity contribution in [2.24, 2.45) is 0 Å². The van der Waals surface area contributed by atoms with E-state index in [1.165, 1.54) is 75.3 Å². The Morgan fingerprint density at radius 3 is 1.78 bits per heavy atom. The molecule has 0 saturated heterocycles. The van der Waals surface area contributed by atoms with Crippen molar-refractivity contribution in [1.82, 2.24) is 14.8 Å². The Bertz CT molecular complexity index is 843. The van der Waals surface area contributed by atoms with Gasteiger partial charge in [0.1, 0.15) is 6.04 Å². The Balaban J connectivity index is 1.53. The van der Waals surface area contributed by atoms with Gasteiger partial charge in [-0.1, -0.05) is 137 Å². The molecule has 0 atom stereocenters. The lowest BCUT2D eigenvalue weighted by Crippen LogP contribution is -2.15. The van der Waals surface area contributed by atoms with Crippen LogP contribution in [0.1, 0.15) is 88.3 Å². The molecule has 0 aliphatic heterocycles. The van der Waals surface area contributed by atoms with Crippen LogP contribution in [0.5, 0.6) is 0 Å². The number of halogens is 1. The van der Waals surface area contributed by atoms with E-state index >= 15 is 0 Å². The molecule has 0 spiro atoms. The SMILES string of the molecule is CCCCCCCCCCCCSc1nc(Br)nn1C(c1ccccc1)c1ccccc1. The number of rotatable bonds is 15. The molecular weight excluding hydrogens is 478 g/mol. The largest absolute Gasteiger partial charge is 0.227 e. The molecule has 1 heterocycles. The van der Waals surface area contributed by atoms with Crippen LogP contribution in [0.15, 0.2) is 70.6 Å². The van der Waals surface area contributed by atoms with E-state index in [9.17, 15) is 0 Å². The number of aromatic nitrogens is 3. The quantitative estimate of drug-likeness (QED) is 0.150. The molecule has 5 heteroatoms. The first-order valence-corrected chi connectivity index (χ1v) is 13.9. The smallest absolute Gasteiger partial charge is 0.218 e. The van der Waals surface area contributed by atoms with Crippen LogP contribution in [-0.2, 0) is 0 Å². The Hall–Kier alpha value is -1.59. The molecule has 0 aliphatic carbocycles. The van der Waals surface area contributed by atoms with E-state index in [4.69, 9.17) is 10.1 Å². The van der Waals surface area contributed by atoms with Crippen LogP contribution in [0, 0.1) is 0 Å². The lowest BCUT2D eigenvalue weighted by molar-refractivity contribution is 0.539. The molecule has 0 N–H and O–H groups in total. The van der Waals surface area contributed by atoms with E-state index in [1.807, 2.05) is 11.8 Å². The van der Waals surface area contributed by atoms with Gasteiger partial charge in [0.2, 0.25) is 4.73 Å². The molecule has 0 bridgehead atoms. The van der Waals surface area contributed by atoms with Gasteiger partial charge < -0.3 is 0 Å². The average molecular weight is 515 g/mol. The predicted molar refractivity (Wildman–Crippen MR) is 140 cm³/mol. The van der Waals surface area contributed by atoms with Crippen molar-refractivity contribution in [2.45, 2.75) is 82.3 Å².